The number of aryl methyl sites for hydroxylation is 3. The SMILES string of the molecule is CN=C(NCCCn1nc(C)cc1C)NCCc1ccc(Br)s1.I. The van der Waals surface area contributed by atoms with Crippen LogP contribution in [0.25, 0.3) is 0 Å². The number of thiophene rings is 1. The molecule has 2 N–H and O–H groups in total. The van der Waals surface area contributed by atoms with Crippen molar-refractivity contribution in [3.63, 3.8) is 0 Å². The number of nitrogens with one attached hydrogen (secondary N) is 2. The van der Waals surface area contributed by atoms with Gasteiger partial charge in [0.15, 0.2) is 5.96 Å². The first-order valence-corrected chi connectivity index (χ1v) is 9.39. The summed E-state index contributed by atoms with van der Waals surface area (Å²) in [5.41, 5.74) is 2.29. The van der Waals surface area contributed by atoms with Gasteiger partial charge in [-0.1, -0.05) is 0 Å². The fourth-order valence-corrected chi connectivity index (χ4v) is 3.83. The normalized spacial score (nSPS) is 11.2. The zero-order valence-corrected chi connectivity index (χ0v) is 19.0. The molecule has 0 saturated carbocycles. The van der Waals surface area contributed by atoms with Crippen molar-refractivity contribution < 1.29 is 0 Å². The van der Waals surface area contributed by atoms with Gasteiger partial charge in [0, 0.05) is 37.3 Å². The molecule has 0 saturated heterocycles. The Labute approximate surface area is 173 Å². The zero-order chi connectivity index (χ0) is 16.7. The number of hydrogen-bond donors (Lipinski definition) is 2. The van der Waals surface area contributed by atoms with Gasteiger partial charge in [0.1, 0.15) is 0 Å². The molecule has 0 fully saturated rings. The molecule has 0 aliphatic heterocycles. The molecule has 2 rings (SSSR count). The van der Waals surface area contributed by atoms with Gasteiger partial charge in [-0.3, -0.25) is 9.67 Å². The second kappa shape index (κ2) is 11.1. The molecule has 0 radical (unpaired) electrons. The fraction of sp³-hybridized carbons (Fsp3) is 0.500. The molecule has 2 aromatic rings. The maximum absolute atomic E-state index is 4.47. The Hall–Kier alpha value is -0.610. The lowest BCUT2D eigenvalue weighted by molar-refractivity contribution is 0.555. The highest BCUT2D eigenvalue weighted by molar-refractivity contribution is 14.0. The molecule has 5 nitrogen and oxygen atoms in total. The van der Waals surface area contributed by atoms with E-state index in [1.165, 1.54) is 14.4 Å². The Balaban J connectivity index is 0.00000288. The summed E-state index contributed by atoms with van der Waals surface area (Å²) in [5.74, 6) is 0.856. The Morgan fingerprint density at radius 2 is 2.04 bits per heavy atom. The number of guanidine groups is 1. The highest BCUT2D eigenvalue weighted by atomic mass is 127. The first-order chi connectivity index (χ1) is 11.1. The van der Waals surface area contributed by atoms with Crippen LogP contribution < -0.4 is 10.6 Å². The lowest BCUT2D eigenvalue weighted by Crippen LogP contribution is -2.38. The lowest BCUT2D eigenvalue weighted by atomic mass is 10.3. The lowest BCUT2D eigenvalue weighted by Gasteiger charge is -2.11. The molecule has 0 aliphatic rings. The van der Waals surface area contributed by atoms with Gasteiger partial charge < -0.3 is 10.6 Å². The minimum absolute atomic E-state index is 0. The van der Waals surface area contributed by atoms with Crippen LogP contribution in [0.1, 0.15) is 22.7 Å². The summed E-state index contributed by atoms with van der Waals surface area (Å²) in [6.45, 7) is 6.80. The first-order valence-electron chi connectivity index (χ1n) is 7.78. The summed E-state index contributed by atoms with van der Waals surface area (Å²) in [4.78, 5) is 5.62. The van der Waals surface area contributed by atoms with Crippen LogP contribution in [0.2, 0.25) is 0 Å². The maximum Gasteiger partial charge on any atom is 0.190 e. The number of rotatable bonds is 7. The zero-order valence-electron chi connectivity index (χ0n) is 14.3. The number of nitrogens with zero attached hydrogens (tertiary/aromatic N) is 3. The van der Waals surface area contributed by atoms with Gasteiger partial charge in [-0.25, -0.2) is 0 Å². The van der Waals surface area contributed by atoms with Crippen molar-refractivity contribution in [2.75, 3.05) is 20.1 Å². The van der Waals surface area contributed by atoms with Crippen LogP contribution in [-0.2, 0) is 13.0 Å². The average Bonchev–Trinajstić information content (AvgIpc) is 3.07. The van der Waals surface area contributed by atoms with E-state index in [0.29, 0.717) is 0 Å². The fourth-order valence-electron chi connectivity index (χ4n) is 2.35. The molecule has 0 amide bonds. The topological polar surface area (TPSA) is 54.2 Å². The minimum Gasteiger partial charge on any atom is -0.356 e. The van der Waals surface area contributed by atoms with Crippen LogP contribution in [0.4, 0.5) is 0 Å². The van der Waals surface area contributed by atoms with Gasteiger partial charge in [0.25, 0.3) is 0 Å². The summed E-state index contributed by atoms with van der Waals surface area (Å²) >= 11 is 5.27. The molecule has 8 heteroatoms. The Morgan fingerprint density at radius 1 is 1.29 bits per heavy atom. The Morgan fingerprint density at radius 3 is 2.62 bits per heavy atom. The molecule has 0 spiro atoms. The quantitative estimate of drug-likeness (QED) is 0.250. The number of aliphatic imine (C=N–C) groups is 1. The molecule has 0 aliphatic carbocycles. The standard InChI is InChI=1S/C16H24BrN5S.HI/c1-12-11-13(2)22(21-12)10-4-8-19-16(18-3)20-9-7-14-5-6-15(17)23-14;/h5-6,11H,4,7-10H2,1-3H3,(H2,18,19,20);1H. The molecule has 2 aromatic heterocycles. The Bertz CT molecular complexity index is 653. The molecule has 0 atom stereocenters. The highest BCUT2D eigenvalue weighted by Gasteiger charge is 2.02. The predicted octanol–water partition coefficient (Wildman–Crippen LogP) is 3.74. The van der Waals surface area contributed by atoms with E-state index in [1.807, 2.05) is 6.92 Å². The van der Waals surface area contributed by atoms with E-state index < -0.39 is 0 Å². The van der Waals surface area contributed by atoms with Gasteiger partial charge >= 0.3 is 0 Å². The van der Waals surface area contributed by atoms with E-state index in [-0.39, 0.29) is 24.0 Å². The third kappa shape index (κ3) is 7.10. The summed E-state index contributed by atoms with van der Waals surface area (Å²) < 4.78 is 3.24. The first kappa shape index (κ1) is 21.4. The van der Waals surface area contributed by atoms with E-state index in [0.717, 1.165) is 44.1 Å². The highest BCUT2D eigenvalue weighted by Crippen LogP contribution is 2.21. The third-order valence-electron chi connectivity index (χ3n) is 3.46. The van der Waals surface area contributed by atoms with Crippen LogP contribution >= 0.6 is 51.2 Å². The van der Waals surface area contributed by atoms with Crippen molar-refractivity contribution in [1.29, 1.82) is 0 Å². The van der Waals surface area contributed by atoms with E-state index in [9.17, 15) is 0 Å². The summed E-state index contributed by atoms with van der Waals surface area (Å²) in [7, 11) is 1.80. The third-order valence-corrected chi connectivity index (χ3v) is 5.14. The number of halogens is 2. The van der Waals surface area contributed by atoms with E-state index in [4.69, 9.17) is 0 Å². The van der Waals surface area contributed by atoms with Gasteiger partial charge in [0.2, 0.25) is 0 Å². The maximum atomic E-state index is 4.47. The molecule has 0 bridgehead atoms. The number of aromatic nitrogens is 2. The average molecular weight is 526 g/mol. The summed E-state index contributed by atoms with van der Waals surface area (Å²) in [5, 5.41) is 11.2. The van der Waals surface area contributed by atoms with Gasteiger partial charge in [-0.2, -0.15) is 5.10 Å². The summed E-state index contributed by atoms with van der Waals surface area (Å²) in [6, 6.07) is 6.35. The van der Waals surface area contributed by atoms with Crippen LogP contribution in [0.3, 0.4) is 0 Å². The van der Waals surface area contributed by atoms with Crippen LogP contribution in [0, 0.1) is 13.8 Å². The second-order valence-corrected chi connectivity index (χ2v) is 7.93. The molecule has 0 aromatic carbocycles. The molecular weight excluding hydrogens is 501 g/mol. The van der Waals surface area contributed by atoms with Crippen molar-refractivity contribution in [3.8, 4) is 0 Å². The predicted molar refractivity (Wildman–Crippen MR) is 117 cm³/mol. The van der Waals surface area contributed by atoms with E-state index >= 15 is 0 Å². The van der Waals surface area contributed by atoms with Crippen molar-refractivity contribution in [2.24, 2.45) is 4.99 Å². The minimum atomic E-state index is 0. The summed E-state index contributed by atoms with van der Waals surface area (Å²) in [6.07, 6.45) is 2.02. The monoisotopic (exact) mass is 525 g/mol. The van der Waals surface area contributed by atoms with Crippen molar-refractivity contribution in [3.05, 3.63) is 38.3 Å². The van der Waals surface area contributed by atoms with E-state index in [2.05, 4.69) is 66.5 Å². The van der Waals surface area contributed by atoms with Gasteiger partial charge in [-0.05, 0) is 60.8 Å². The van der Waals surface area contributed by atoms with Crippen molar-refractivity contribution in [1.82, 2.24) is 20.4 Å². The molecule has 134 valence electrons. The van der Waals surface area contributed by atoms with E-state index in [1.54, 1.807) is 18.4 Å². The Kier molecular flexibility index (Phi) is 9.91. The van der Waals surface area contributed by atoms with Crippen molar-refractivity contribution >= 4 is 57.2 Å². The van der Waals surface area contributed by atoms with Crippen LogP contribution in [0.5, 0.6) is 0 Å². The van der Waals surface area contributed by atoms with Crippen molar-refractivity contribution in [2.45, 2.75) is 33.2 Å². The van der Waals surface area contributed by atoms with Crippen LogP contribution in [0.15, 0.2) is 27.0 Å². The molecule has 24 heavy (non-hydrogen) atoms. The van der Waals surface area contributed by atoms with Crippen LogP contribution in [-0.4, -0.2) is 35.9 Å². The second-order valence-electron chi connectivity index (χ2n) is 5.39. The smallest absolute Gasteiger partial charge is 0.190 e. The molecular formula is C16H25BrIN5S. The van der Waals surface area contributed by atoms with Gasteiger partial charge in [0.05, 0.1) is 9.48 Å². The molecule has 2 heterocycles. The number of hydrogen-bond acceptors (Lipinski definition) is 3. The van der Waals surface area contributed by atoms with Gasteiger partial charge in [-0.15, -0.1) is 35.3 Å². The molecule has 0 unspecified atom stereocenters. The largest absolute Gasteiger partial charge is 0.356 e.